The average Bonchev–Trinajstić information content (AvgIpc) is 2.66. The number of imidazole rings is 1. The number of nitrogens with zero attached hydrogens (tertiary/aromatic N) is 1. The molecule has 0 atom stereocenters. The molecule has 0 unspecified atom stereocenters. The summed E-state index contributed by atoms with van der Waals surface area (Å²) in [5, 5.41) is 0.327. The first-order valence-electron chi connectivity index (χ1n) is 4.40. The van der Waals surface area contributed by atoms with Gasteiger partial charge in [0.1, 0.15) is 11.6 Å². The van der Waals surface area contributed by atoms with Crippen LogP contribution in [0, 0.1) is 5.82 Å². The molecular weight excluding hydrogens is 217 g/mol. The number of nitrogens with two attached hydrogens (primary N) is 1. The van der Waals surface area contributed by atoms with Crippen LogP contribution in [-0.2, 0) is 6.54 Å². The van der Waals surface area contributed by atoms with E-state index in [1.807, 2.05) is 0 Å². The Balaban J connectivity index is 2.53. The van der Waals surface area contributed by atoms with Crippen LogP contribution in [0.5, 0.6) is 0 Å². The SMILES string of the molecule is NCc1cnc(-c2c(F)cccc2Cl)[nH]1. The molecule has 2 rings (SSSR count). The molecule has 0 aliphatic carbocycles. The zero-order valence-corrected chi connectivity index (χ0v) is 8.55. The highest BCUT2D eigenvalue weighted by molar-refractivity contribution is 6.33. The Hall–Kier alpha value is -1.39. The van der Waals surface area contributed by atoms with Crippen molar-refractivity contribution < 1.29 is 4.39 Å². The van der Waals surface area contributed by atoms with Gasteiger partial charge in [0.2, 0.25) is 0 Å². The molecule has 0 spiro atoms. The van der Waals surface area contributed by atoms with Crippen LogP contribution in [0.3, 0.4) is 0 Å². The highest BCUT2D eigenvalue weighted by atomic mass is 35.5. The second-order valence-electron chi connectivity index (χ2n) is 3.06. The fourth-order valence-electron chi connectivity index (χ4n) is 1.31. The van der Waals surface area contributed by atoms with Crippen molar-refractivity contribution in [3.63, 3.8) is 0 Å². The lowest BCUT2D eigenvalue weighted by atomic mass is 10.2. The van der Waals surface area contributed by atoms with Gasteiger partial charge in [-0.15, -0.1) is 0 Å². The third-order valence-corrected chi connectivity index (χ3v) is 2.36. The third-order valence-electron chi connectivity index (χ3n) is 2.05. The Morgan fingerprint density at radius 3 is 2.87 bits per heavy atom. The molecule has 0 bridgehead atoms. The van der Waals surface area contributed by atoms with Crippen molar-refractivity contribution >= 4 is 11.6 Å². The Morgan fingerprint density at radius 1 is 1.47 bits per heavy atom. The third kappa shape index (κ3) is 1.86. The first-order valence-corrected chi connectivity index (χ1v) is 4.78. The van der Waals surface area contributed by atoms with Crippen LogP contribution in [0.15, 0.2) is 24.4 Å². The van der Waals surface area contributed by atoms with Crippen LogP contribution >= 0.6 is 11.6 Å². The fraction of sp³-hybridized carbons (Fsp3) is 0.100. The molecular formula is C10H9ClFN3. The van der Waals surface area contributed by atoms with E-state index in [0.29, 0.717) is 17.4 Å². The van der Waals surface area contributed by atoms with Gasteiger partial charge in [-0.1, -0.05) is 17.7 Å². The topological polar surface area (TPSA) is 54.7 Å². The molecule has 0 aliphatic rings. The van der Waals surface area contributed by atoms with E-state index in [4.69, 9.17) is 17.3 Å². The molecule has 5 heteroatoms. The molecule has 15 heavy (non-hydrogen) atoms. The second kappa shape index (κ2) is 4.00. The number of aromatic amines is 1. The minimum absolute atomic E-state index is 0.277. The lowest BCUT2D eigenvalue weighted by Gasteiger charge is -2.01. The van der Waals surface area contributed by atoms with E-state index in [9.17, 15) is 4.39 Å². The Bertz CT molecular complexity index is 461. The van der Waals surface area contributed by atoms with E-state index in [2.05, 4.69) is 9.97 Å². The standard InChI is InChI=1S/C10H9ClFN3/c11-7-2-1-3-8(12)9(7)10-14-5-6(4-13)15-10/h1-3,5H,4,13H2,(H,14,15). The van der Waals surface area contributed by atoms with Crippen molar-refractivity contribution in [2.24, 2.45) is 5.73 Å². The summed E-state index contributed by atoms with van der Waals surface area (Å²) < 4.78 is 13.5. The highest BCUT2D eigenvalue weighted by Crippen LogP contribution is 2.27. The van der Waals surface area contributed by atoms with Crippen LogP contribution in [0.25, 0.3) is 11.4 Å². The van der Waals surface area contributed by atoms with Crippen molar-refractivity contribution in [1.29, 1.82) is 0 Å². The van der Waals surface area contributed by atoms with E-state index in [-0.39, 0.29) is 5.56 Å². The largest absolute Gasteiger partial charge is 0.341 e. The summed E-state index contributed by atoms with van der Waals surface area (Å²) in [5.41, 5.74) is 6.44. The van der Waals surface area contributed by atoms with Gasteiger partial charge >= 0.3 is 0 Å². The molecule has 1 heterocycles. The number of rotatable bonds is 2. The van der Waals surface area contributed by atoms with E-state index < -0.39 is 5.82 Å². The number of benzene rings is 1. The van der Waals surface area contributed by atoms with E-state index >= 15 is 0 Å². The summed E-state index contributed by atoms with van der Waals surface area (Å²) in [6.45, 7) is 0.332. The van der Waals surface area contributed by atoms with Crippen molar-refractivity contribution in [2.75, 3.05) is 0 Å². The van der Waals surface area contributed by atoms with Gasteiger partial charge in [-0.3, -0.25) is 0 Å². The summed E-state index contributed by atoms with van der Waals surface area (Å²) in [4.78, 5) is 6.92. The molecule has 1 aromatic heterocycles. The smallest absolute Gasteiger partial charge is 0.142 e. The molecule has 3 N–H and O–H groups in total. The van der Waals surface area contributed by atoms with Crippen LogP contribution in [0.4, 0.5) is 4.39 Å². The quantitative estimate of drug-likeness (QED) is 0.824. The Morgan fingerprint density at radius 2 is 2.27 bits per heavy atom. The van der Waals surface area contributed by atoms with Gasteiger partial charge in [-0.05, 0) is 12.1 Å². The van der Waals surface area contributed by atoms with E-state index in [1.165, 1.54) is 6.07 Å². The molecule has 0 amide bonds. The van der Waals surface area contributed by atoms with Gasteiger partial charge in [-0.2, -0.15) is 0 Å². The molecule has 0 saturated carbocycles. The van der Waals surface area contributed by atoms with Gasteiger partial charge in [0.25, 0.3) is 0 Å². The number of aromatic nitrogens is 2. The zero-order valence-electron chi connectivity index (χ0n) is 7.80. The maximum Gasteiger partial charge on any atom is 0.142 e. The maximum absolute atomic E-state index is 13.5. The van der Waals surface area contributed by atoms with Crippen LogP contribution in [0.2, 0.25) is 5.02 Å². The first-order chi connectivity index (χ1) is 7.22. The second-order valence-corrected chi connectivity index (χ2v) is 3.47. The molecule has 3 nitrogen and oxygen atoms in total. The van der Waals surface area contributed by atoms with Gasteiger partial charge in [-0.25, -0.2) is 9.37 Å². The molecule has 0 saturated heterocycles. The predicted molar refractivity (Wildman–Crippen MR) is 56.9 cm³/mol. The summed E-state index contributed by atoms with van der Waals surface area (Å²) in [5.74, 6) is -0.000952. The number of hydrogen-bond acceptors (Lipinski definition) is 2. The highest BCUT2D eigenvalue weighted by Gasteiger charge is 2.12. The Kier molecular flexibility index (Phi) is 2.70. The molecule has 2 aromatic rings. The normalized spacial score (nSPS) is 10.6. The monoisotopic (exact) mass is 225 g/mol. The molecule has 78 valence electrons. The van der Waals surface area contributed by atoms with Crippen LogP contribution in [0.1, 0.15) is 5.69 Å². The lowest BCUT2D eigenvalue weighted by Crippen LogP contribution is -1.96. The van der Waals surface area contributed by atoms with Crippen molar-refractivity contribution in [3.05, 3.63) is 40.9 Å². The number of nitrogens with one attached hydrogen (secondary N) is 1. The molecule has 0 fully saturated rings. The van der Waals surface area contributed by atoms with Crippen LogP contribution in [-0.4, -0.2) is 9.97 Å². The maximum atomic E-state index is 13.5. The zero-order chi connectivity index (χ0) is 10.8. The minimum atomic E-state index is -0.402. The number of H-pyrrole nitrogens is 1. The molecule has 0 aliphatic heterocycles. The summed E-state index contributed by atoms with van der Waals surface area (Å²) in [6, 6.07) is 4.50. The number of hydrogen-bond donors (Lipinski definition) is 2. The molecule has 1 aromatic carbocycles. The van der Waals surface area contributed by atoms with Crippen molar-refractivity contribution in [3.8, 4) is 11.4 Å². The fourth-order valence-corrected chi connectivity index (χ4v) is 1.57. The predicted octanol–water partition coefficient (Wildman–Crippen LogP) is 2.33. The summed E-state index contributed by atoms with van der Waals surface area (Å²) in [6.07, 6.45) is 1.57. The van der Waals surface area contributed by atoms with Gasteiger partial charge < -0.3 is 10.7 Å². The lowest BCUT2D eigenvalue weighted by molar-refractivity contribution is 0.630. The minimum Gasteiger partial charge on any atom is -0.341 e. The van der Waals surface area contributed by atoms with Crippen molar-refractivity contribution in [2.45, 2.75) is 6.54 Å². The van der Waals surface area contributed by atoms with E-state index in [0.717, 1.165) is 5.69 Å². The summed E-state index contributed by atoms with van der Waals surface area (Å²) in [7, 11) is 0. The molecule has 0 radical (unpaired) electrons. The van der Waals surface area contributed by atoms with Gasteiger partial charge in [0.15, 0.2) is 0 Å². The number of halogens is 2. The van der Waals surface area contributed by atoms with Crippen LogP contribution < -0.4 is 5.73 Å². The average molecular weight is 226 g/mol. The summed E-state index contributed by atoms with van der Waals surface area (Å²) >= 11 is 5.89. The Labute approximate surface area is 91.1 Å². The van der Waals surface area contributed by atoms with Crippen molar-refractivity contribution in [1.82, 2.24) is 9.97 Å². The van der Waals surface area contributed by atoms with Gasteiger partial charge in [0.05, 0.1) is 10.6 Å². The van der Waals surface area contributed by atoms with Gasteiger partial charge in [0, 0.05) is 18.4 Å². The van der Waals surface area contributed by atoms with E-state index in [1.54, 1.807) is 18.3 Å². The first kappa shape index (κ1) is 10.1.